The molecule has 1 aliphatic rings. The van der Waals surface area contributed by atoms with Gasteiger partial charge >= 0.3 is 5.69 Å². The third kappa shape index (κ3) is 5.36. The van der Waals surface area contributed by atoms with E-state index in [-0.39, 0.29) is 35.6 Å². The Hall–Kier alpha value is -2.02. The normalized spacial score (nSPS) is 18.6. The van der Waals surface area contributed by atoms with Gasteiger partial charge in [-0.1, -0.05) is 36.7 Å². The van der Waals surface area contributed by atoms with Crippen molar-refractivity contribution in [3.8, 4) is 0 Å². The number of alkyl halides is 1. The van der Waals surface area contributed by atoms with Crippen LogP contribution in [-0.4, -0.2) is 40.0 Å². The number of aromatic nitrogens is 2. The molecule has 0 spiro atoms. The van der Waals surface area contributed by atoms with Gasteiger partial charge in [0.15, 0.2) is 0 Å². The lowest BCUT2D eigenvalue weighted by Gasteiger charge is -2.22. The molecule has 0 aliphatic heterocycles. The molecule has 1 heterocycles. The van der Waals surface area contributed by atoms with Gasteiger partial charge in [-0.05, 0) is 56.5 Å². The van der Waals surface area contributed by atoms with E-state index in [1.165, 1.54) is 0 Å². The SMILES string of the molecule is CCC(CCNCC(=O)NC(C)C1=CC=C(Cl)C(Cl)C1)n1c(=O)[nH]c2ccccc21. The minimum absolute atomic E-state index is 0.0627. The maximum atomic E-state index is 12.4. The first-order chi connectivity index (χ1) is 14.4. The number of carbonyl (C=O) groups is 1. The molecule has 0 fully saturated rings. The zero-order valence-corrected chi connectivity index (χ0v) is 18.8. The maximum absolute atomic E-state index is 12.4. The van der Waals surface area contributed by atoms with Crippen LogP contribution in [0.4, 0.5) is 0 Å². The predicted molar refractivity (Wildman–Crippen MR) is 123 cm³/mol. The van der Waals surface area contributed by atoms with E-state index in [4.69, 9.17) is 23.2 Å². The summed E-state index contributed by atoms with van der Waals surface area (Å²) >= 11 is 12.2. The molecule has 0 bridgehead atoms. The Morgan fingerprint density at radius 1 is 1.33 bits per heavy atom. The standard InChI is InChI=1S/C22H28Cl2N4O2/c1-3-16(28-20-7-5-4-6-19(20)27-22(28)30)10-11-25-13-21(29)26-14(2)15-8-9-17(23)18(24)12-15/h4-9,14,16,18,25H,3,10-13H2,1-2H3,(H,26,29)(H,27,30). The molecule has 0 saturated carbocycles. The van der Waals surface area contributed by atoms with Crippen LogP contribution in [0.2, 0.25) is 0 Å². The van der Waals surface area contributed by atoms with Crippen LogP contribution in [0.5, 0.6) is 0 Å². The third-order valence-electron chi connectivity index (χ3n) is 5.50. The van der Waals surface area contributed by atoms with Gasteiger partial charge in [0, 0.05) is 17.1 Å². The van der Waals surface area contributed by atoms with Gasteiger partial charge < -0.3 is 15.6 Å². The third-order valence-corrected chi connectivity index (χ3v) is 6.40. The van der Waals surface area contributed by atoms with Gasteiger partial charge in [0.1, 0.15) is 0 Å². The Morgan fingerprint density at radius 2 is 2.10 bits per heavy atom. The number of carbonyl (C=O) groups excluding carboxylic acids is 1. The maximum Gasteiger partial charge on any atom is 0.326 e. The number of rotatable bonds is 9. The molecular formula is C22H28Cl2N4O2. The Bertz CT molecular complexity index is 1010. The quantitative estimate of drug-likeness (QED) is 0.401. The van der Waals surface area contributed by atoms with Crippen molar-refractivity contribution >= 4 is 40.1 Å². The monoisotopic (exact) mass is 450 g/mol. The number of fused-ring (bicyclic) bond motifs is 1. The highest BCUT2D eigenvalue weighted by Gasteiger charge is 2.20. The predicted octanol–water partition coefficient (Wildman–Crippen LogP) is 3.83. The van der Waals surface area contributed by atoms with Crippen molar-refractivity contribution in [1.29, 1.82) is 0 Å². The summed E-state index contributed by atoms with van der Waals surface area (Å²) in [5.41, 5.74) is 2.71. The number of allylic oxidation sites excluding steroid dienone is 3. The number of amides is 1. The number of nitrogens with zero attached hydrogens (tertiary/aromatic N) is 1. The summed E-state index contributed by atoms with van der Waals surface area (Å²) < 4.78 is 1.82. The summed E-state index contributed by atoms with van der Waals surface area (Å²) in [5, 5.41) is 6.57. The summed E-state index contributed by atoms with van der Waals surface area (Å²) in [6, 6.07) is 7.66. The fraction of sp³-hybridized carbons (Fsp3) is 0.455. The number of imidazole rings is 1. The number of nitrogens with one attached hydrogen (secondary N) is 3. The second-order valence-electron chi connectivity index (χ2n) is 7.60. The van der Waals surface area contributed by atoms with E-state index in [0.29, 0.717) is 18.0 Å². The van der Waals surface area contributed by atoms with Crippen molar-refractivity contribution in [1.82, 2.24) is 20.2 Å². The largest absolute Gasteiger partial charge is 0.349 e. The minimum Gasteiger partial charge on any atom is -0.349 e. The first kappa shape index (κ1) is 22.7. The van der Waals surface area contributed by atoms with Crippen molar-refractivity contribution in [2.75, 3.05) is 13.1 Å². The summed E-state index contributed by atoms with van der Waals surface area (Å²) in [6.45, 7) is 4.86. The van der Waals surface area contributed by atoms with Crippen molar-refractivity contribution in [2.24, 2.45) is 0 Å². The van der Waals surface area contributed by atoms with Gasteiger partial charge in [-0.3, -0.25) is 9.36 Å². The molecular weight excluding hydrogens is 423 g/mol. The van der Waals surface area contributed by atoms with Crippen LogP contribution in [0, 0.1) is 0 Å². The van der Waals surface area contributed by atoms with E-state index in [1.54, 1.807) is 6.08 Å². The van der Waals surface area contributed by atoms with Crippen molar-refractivity contribution in [3.63, 3.8) is 0 Å². The van der Waals surface area contributed by atoms with Crippen LogP contribution in [-0.2, 0) is 4.79 Å². The van der Waals surface area contributed by atoms with E-state index in [2.05, 4.69) is 22.5 Å². The van der Waals surface area contributed by atoms with Gasteiger partial charge in [0.05, 0.1) is 23.0 Å². The van der Waals surface area contributed by atoms with Gasteiger partial charge in [0.25, 0.3) is 0 Å². The van der Waals surface area contributed by atoms with E-state index < -0.39 is 0 Å². The first-order valence-corrected chi connectivity index (χ1v) is 11.1. The Balaban J connectivity index is 1.48. The summed E-state index contributed by atoms with van der Waals surface area (Å²) in [6.07, 6.45) is 5.92. The van der Waals surface area contributed by atoms with E-state index >= 15 is 0 Å². The minimum atomic E-state index is -0.233. The molecule has 0 radical (unpaired) electrons. The van der Waals surface area contributed by atoms with E-state index in [1.807, 2.05) is 41.8 Å². The Kier molecular flexibility index (Phi) is 7.81. The second kappa shape index (κ2) is 10.3. The van der Waals surface area contributed by atoms with E-state index in [0.717, 1.165) is 29.4 Å². The molecule has 2 aromatic rings. The van der Waals surface area contributed by atoms with Crippen LogP contribution < -0.4 is 16.3 Å². The Labute approximate surface area is 186 Å². The fourth-order valence-electron chi connectivity index (χ4n) is 3.79. The molecule has 1 amide bonds. The highest BCUT2D eigenvalue weighted by atomic mass is 35.5. The molecule has 6 nitrogen and oxygen atoms in total. The first-order valence-electron chi connectivity index (χ1n) is 10.3. The van der Waals surface area contributed by atoms with Gasteiger partial charge in [-0.15, -0.1) is 11.6 Å². The number of para-hydroxylation sites is 2. The van der Waals surface area contributed by atoms with E-state index in [9.17, 15) is 9.59 Å². The highest BCUT2D eigenvalue weighted by molar-refractivity contribution is 6.37. The molecule has 3 N–H and O–H groups in total. The molecule has 162 valence electrons. The molecule has 3 atom stereocenters. The highest BCUT2D eigenvalue weighted by Crippen LogP contribution is 2.28. The number of hydrogen-bond donors (Lipinski definition) is 3. The van der Waals surface area contributed by atoms with Crippen molar-refractivity contribution in [2.45, 2.75) is 50.6 Å². The van der Waals surface area contributed by atoms with Crippen LogP contribution in [0.25, 0.3) is 11.0 Å². The average molecular weight is 451 g/mol. The number of aromatic amines is 1. The smallest absolute Gasteiger partial charge is 0.326 e. The molecule has 1 aliphatic carbocycles. The molecule has 3 unspecified atom stereocenters. The summed E-state index contributed by atoms with van der Waals surface area (Å²) in [5.74, 6) is -0.0764. The van der Waals surface area contributed by atoms with Crippen molar-refractivity contribution in [3.05, 3.63) is 57.5 Å². The molecule has 8 heteroatoms. The zero-order chi connectivity index (χ0) is 21.7. The number of hydrogen-bond acceptors (Lipinski definition) is 3. The van der Waals surface area contributed by atoms with Gasteiger partial charge in [-0.2, -0.15) is 0 Å². The number of benzene rings is 1. The molecule has 1 aromatic heterocycles. The lowest BCUT2D eigenvalue weighted by molar-refractivity contribution is -0.120. The summed E-state index contributed by atoms with van der Waals surface area (Å²) in [4.78, 5) is 27.6. The molecule has 1 aromatic carbocycles. The number of halogens is 2. The lowest BCUT2D eigenvalue weighted by atomic mass is 9.98. The fourth-order valence-corrected chi connectivity index (χ4v) is 4.18. The molecule has 0 saturated heterocycles. The van der Waals surface area contributed by atoms with Crippen LogP contribution >= 0.6 is 23.2 Å². The summed E-state index contributed by atoms with van der Waals surface area (Å²) in [7, 11) is 0. The number of H-pyrrole nitrogens is 1. The molecule has 3 rings (SSSR count). The Morgan fingerprint density at radius 3 is 2.83 bits per heavy atom. The average Bonchev–Trinajstić information content (AvgIpc) is 3.06. The van der Waals surface area contributed by atoms with Crippen LogP contribution in [0.15, 0.2) is 51.8 Å². The zero-order valence-electron chi connectivity index (χ0n) is 17.3. The van der Waals surface area contributed by atoms with Crippen molar-refractivity contribution < 1.29 is 4.79 Å². The lowest BCUT2D eigenvalue weighted by Crippen LogP contribution is -2.41. The topological polar surface area (TPSA) is 78.9 Å². The molecule has 30 heavy (non-hydrogen) atoms. The van der Waals surface area contributed by atoms with Crippen LogP contribution in [0.3, 0.4) is 0 Å². The second-order valence-corrected chi connectivity index (χ2v) is 8.56. The van der Waals surface area contributed by atoms with Crippen LogP contribution in [0.1, 0.15) is 39.2 Å². The van der Waals surface area contributed by atoms with Gasteiger partial charge in [-0.25, -0.2) is 4.79 Å². The van der Waals surface area contributed by atoms with Gasteiger partial charge in [0.2, 0.25) is 5.91 Å².